The van der Waals surface area contributed by atoms with Crippen LogP contribution in [0.2, 0.25) is 5.02 Å². The number of halogens is 1. The number of aromatic nitrogens is 1. The Labute approximate surface area is 205 Å². The van der Waals surface area contributed by atoms with Crippen LogP contribution in [0, 0.1) is 0 Å². The van der Waals surface area contributed by atoms with Crippen molar-refractivity contribution in [2.75, 3.05) is 12.4 Å². The van der Waals surface area contributed by atoms with Crippen LogP contribution < -0.4 is 15.4 Å². The van der Waals surface area contributed by atoms with Gasteiger partial charge in [-0.3, -0.25) is 10.1 Å². The summed E-state index contributed by atoms with van der Waals surface area (Å²) in [5.41, 5.74) is 3.23. The van der Waals surface area contributed by atoms with Gasteiger partial charge in [-0.15, -0.1) is 0 Å². The number of rotatable bonds is 4. The van der Waals surface area contributed by atoms with Crippen LogP contribution in [0.1, 0.15) is 10.4 Å². The average Bonchev–Trinajstić information content (AvgIpc) is 3.28. The fraction of sp³-hybridized carbons (Fsp3) is 0.0385. The third kappa shape index (κ3) is 4.19. The Morgan fingerprint density at radius 1 is 1.00 bits per heavy atom. The SMILES string of the molecule is COc1ccc(-c2nc3ccccc3o2)cc1NC(=S)NC(=O)c1cccc2c(Cl)cccc12. The molecule has 6 nitrogen and oxygen atoms in total. The van der Waals surface area contributed by atoms with E-state index in [4.69, 9.17) is 33.0 Å². The Morgan fingerprint density at radius 3 is 2.62 bits per heavy atom. The van der Waals surface area contributed by atoms with Gasteiger partial charge in [-0.25, -0.2) is 4.98 Å². The highest BCUT2D eigenvalue weighted by molar-refractivity contribution is 7.80. The van der Waals surface area contributed by atoms with Crippen LogP contribution in [0.15, 0.2) is 83.3 Å². The summed E-state index contributed by atoms with van der Waals surface area (Å²) in [4.78, 5) is 17.5. The first-order valence-corrected chi connectivity index (χ1v) is 11.2. The molecule has 0 bridgehead atoms. The summed E-state index contributed by atoms with van der Waals surface area (Å²) in [5.74, 6) is 0.669. The molecule has 0 radical (unpaired) electrons. The van der Waals surface area contributed by atoms with Crippen LogP contribution in [0.25, 0.3) is 33.3 Å². The van der Waals surface area contributed by atoms with Gasteiger partial charge in [-0.1, -0.05) is 48.0 Å². The Bertz CT molecular complexity index is 1530. The van der Waals surface area contributed by atoms with E-state index in [0.29, 0.717) is 33.5 Å². The first kappa shape index (κ1) is 21.9. The molecule has 1 amide bonds. The number of methoxy groups -OCH3 is 1. The zero-order chi connectivity index (χ0) is 23.7. The van der Waals surface area contributed by atoms with Gasteiger partial charge in [0.05, 0.1) is 12.8 Å². The van der Waals surface area contributed by atoms with Crippen molar-refractivity contribution >= 4 is 62.4 Å². The van der Waals surface area contributed by atoms with Crippen LogP contribution in [0.4, 0.5) is 5.69 Å². The standard InChI is InChI=1S/C26H18ClN3O3S/c1-32-22-13-12-15(25-28-20-10-2-3-11-23(20)33-25)14-21(22)29-26(34)30-24(31)18-8-4-7-17-16(18)6-5-9-19(17)27/h2-14H,1H3,(H2,29,30,31,34). The van der Waals surface area contributed by atoms with Gasteiger partial charge < -0.3 is 14.5 Å². The first-order valence-electron chi connectivity index (χ1n) is 10.4. The number of benzene rings is 4. The molecule has 0 saturated carbocycles. The Morgan fingerprint density at radius 2 is 1.79 bits per heavy atom. The van der Waals surface area contributed by atoms with Crippen LogP contribution in [0.5, 0.6) is 5.75 Å². The van der Waals surface area contributed by atoms with Crippen molar-refractivity contribution in [3.8, 4) is 17.2 Å². The molecule has 0 aliphatic rings. The smallest absolute Gasteiger partial charge is 0.258 e. The minimum atomic E-state index is -0.348. The zero-order valence-corrected chi connectivity index (χ0v) is 19.5. The van der Waals surface area contributed by atoms with Gasteiger partial charge in [0.25, 0.3) is 5.91 Å². The molecule has 2 N–H and O–H groups in total. The van der Waals surface area contributed by atoms with Gasteiger partial charge in [-0.05, 0) is 60.1 Å². The maximum absolute atomic E-state index is 13.0. The molecule has 5 aromatic rings. The van der Waals surface area contributed by atoms with Gasteiger partial charge in [0.2, 0.25) is 5.89 Å². The van der Waals surface area contributed by atoms with Gasteiger partial charge in [0, 0.05) is 21.5 Å². The van der Waals surface area contributed by atoms with Gasteiger partial charge in [0.1, 0.15) is 11.3 Å². The summed E-state index contributed by atoms with van der Waals surface area (Å²) >= 11 is 11.7. The van der Waals surface area contributed by atoms with Crippen molar-refractivity contribution in [3.63, 3.8) is 0 Å². The predicted molar refractivity (Wildman–Crippen MR) is 139 cm³/mol. The fourth-order valence-corrected chi connectivity index (χ4v) is 4.17. The van der Waals surface area contributed by atoms with Crippen molar-refractivity contribution in [1.82, 2.24) is 10.3 Å². The molecule has 1 aromatic heterocycles. The van der Waals surface area contributed by atoms with Gasteiger partial charge in [-0.2, -0.15) is 0 Å². The molecule has 0 unspecified atom stereocenters. The van der Waals surface area contributed by atoms with Crippen molar-refractivity contribution < 1.29 is 13.9 Å². The monoisotopic (exact) mass is 487 g/mol. The predicted octanol–water partition coefficient (Wildman–Crippen LogP) is 6.44. The van der Waals surface area contributed by atoms with Crippen molar-refractivity contribution in [3.05, 3.63) is 89.4 Å². The summed E-state index contributed by atoms with van der Waals surface area (Å²) in [7, 11) is 1.56. The third-order valence-electron chi connectivity index (χ3n) is 5.33. The lowest BCUT2D eigenvalue weighted by molar-refractivity contribution is 0.0979. The van der Waals surface area contributed by atoms with E-state index in [-0.39, 0.29) is 11.0 Å². The second-order valence-electron chi connectivity index (χ2n) is 7.45. The lowest BCUT2D eigenvalue weighted by atomic mass is 10.0. The first-order chi connectivity index (χ1) is 16.5. The minimum Gasteiger partial charge on any atom is -0.495 e. The number of para-hydroxylation sites is 2. The van der Waals surface area contributed by atoms with E-state index in [1.54, 1.807) is 43.5 Å². The molecule has 0 saturated heterocycles. The molecule has 8 heteroatoms. The molecular formula is C26H18ClN3O3S. The molecule has 0 fully saturated rings. The largest absolute Gasteiger partial charge is 0.495 e. The van der Waals surface area contributed by atoms with Crippen LogP contribution in [0.3, 0.4) is 0 Å². The number of thiocarbonyl (C=S) groups is 1. The molecule has 0 spiro atoms. The molecule has 5 rings (SSSR count). The van der Waals surface area contributed by atoms with E-state index in [2.05, 4.69) is 15.6 Å². The number of nitrogens with one attached hydrogen (secondary N) is 2. The topological polar surface area (TPSA) is 76.4 Å². The second-order valence-corrected chi connectivity index (χ2v) is 8.27. The van der Waals surface area contributed by atoms with E-state index < -0.39 is 0 Å². The lowest BCUT2D eigenvalue weighted by Crippen LogP contribution is -2.34. The zero-order valence-electron chi connectivity index (χ0n) is 18.0. The molecule has 34 heavy (non-hydrogen) atoms. The Kier molecular flexibility index (Phi) is 5.88. The van der Waals surface area contributed by atoms with E-state index in [0.717, 1.165) is 21.9 Å². The molecular weight excluding hydrogens is 470 g/mol. The average molecular weight is 488 g/mol. The van der Waals surface area contributed by atoms with Crippen LogP contribution in [-0.2, 0) is 0 Å². The fourth-order valence-electron chi connectivity index (χ4n) is 3.73. The van der Waals surface area contributed by atoms with Gasteiger partial charge >= 0.3 is 0 Å². The number of ether oxygens (including phenoxy) is 1. The molecule has 168 valence electrons. The molecule has 0 aliphatic heterocycles. The number of carbonyl (C=O) groups is 1. The minimum absolute atomic E-state index is 0.122. The highest BCUT2D eigenvalue weighted by Crippen LogP contribution is 2.32. The quantitative estimate of drug-likeness (QED) is 0.284. The third-order valence-corrected chi connectivity index (χ3v) is 5.86. The number of nitrogens with zero attached hydrogens (tertiary/aromatic N) is 1. The van der Waals surface area contributed by atoms with Gasteiger partial charge in [0.15, 0.2) is 10.7 Å². The highest BCUT2D eigenvalue weighted by Gasteiger charge is 2.15. The lowest BCUT2D eigenvalue weighted by Gasteiger charge is -2.14. The van der Waals surface area contributed by atoms with E-state index in [9.17, 15) is 4.79 Å². The molecule has 1 heterocycles. The highest BCUT2D eigenvalue weighted by atomic mass is 35.5. The number of fused-ring (bicyclic) bond motifs is 2. The maximum Gasteiger partial charge on any atom is 0.258 e. The molecule has 0 aliphatic carbocycles. The van der Waals surface area contributed by atoms with E-state index in [1.165, 1.54) is 0 Å². The number of oxazole rings is 1. The Hall–Kier alpha value is -3.94. The molecule has 0 atom stereocenters. The number of carbonyl (C=O) groups excluding carboxylic acids is 1. The van der Waals surface area contributed by atoms with Crippen molar-refractivity contribution in [2.45, 2.75) is 0 Å². The number of hydrogen-bond donors (Lipinski definition) is 2. The van der Waals surface area contributed by atoms with Crippen LogP contribution in [-0.4, -0.2) is 23.1 Å². The van der Waals surface area contributed by atoms with Crippen molar-refractivity contribution in [1.29, 1.82) is 0 Å². The second kappa shape index (κ2) is 9.13. The normalized spacial score (nSPS) is 10.9. The summed E-state index contributed by atoms with van der Waals surface area (Å²) in [6, 6.07) is 23.8. The summed E-state index contributed by atoms with van der Waals surface area (Å²) in [6.07, 6.45) is 0. The van der Waals surface area contributed by atoms with E-state index in [1.807, 2.05) is 42.5 Å². The van der Waals surface area contributed by atoms with Crippen LogP contribution >= 0.6 is 23.8 Å². The van der Waals surface area contributed by atoms with E-state index >= 15 is 0 Å². The van der Waals surface area contributed by atoms with Crippen molar-refractivity contribution in [2.24, 2.45) is 0 Å². The summed E-state index contributed by atoms with van der Waals surface area (Å²) in [6.45, 7) is 0. The number of anilines is 1. The molecule has 4 aromatic carbocycles. The maximum atomic E-state index is 13.0. The number of amides is 1. The summed E-state index contributed by atoms with van der Waals surface area (Å²) < 4.78 is 11.3. The Balaban J connectivity index is 1.39. The summed E-state index contributed by atoms with van der Waals surface area (Å²) in [5, 5.41) is 8.01. The number of hydrogen-bond acceptors (Lipinski definition) is 5.